The van der Waals surface area contributed by atoms with Crippen LogP contribution in [0.25, 0.3) is 0 Å². The maximum atomic E-state index is 13.1. The molecule has 0 aromatic heterocycles. The van der Waals surface area contributed by atoms with Crippen LogP contribution in [0.2, 0.25) is 0 Å². The van der Waals surface area contributed by atoms with Crippen LogP contribution < -0.4 is 10.7 Å². The Morgan fingerprint density at radius 2 is 1.70 bits per heavy atom. The van der Waals surface area contributed by atoms with Crippen molar-refractivity contribution in [3.63, 3.8) is 0 Å². The number of nitrogens with two attached hydrogens (primary N) is 1. The van der Waals surface area contributed by atoms with Crippen molar-refractivity contribution < 1.29 is 9.59 Å². The van der Waals surface area contributed by atoms with Crippen LogP contribution in [-0.4, -0.2) is 60.0 Å². The number of hydrogen-bond donors (Lipinski definition) is 1. The minimum atomic E-state index is -0.0341. The van der Waals surface area contributed by atoms with E-state index in [9.17, 15) is 9.59 Å². The van der Waals surface area contributed by atoms with Gasteiger partial charge in [-0.2, -0.15) is 5.10 Å². The lowest BCUT2D eigenvalue weighted by atomic mass is 10.0. The molecule has 2 amide bonds. The predicted octanol–water partition coefficient (Wildman–Crippen LogP) is 2.89. The summed E-state index contributed by atoms with van der Waals surface area (Å²) in [5, 5.41) is 5.69. The molecule has 2 saturated heterocycles. The molecule has 0 spiro atoms. The van der Waals surface area contributed by atoms with E-state index in [0.717, 1.165) is 44.9 Å². The van der Waals surface area contributed by atoms with Gasteiger partial charge in [-0.3, -0.25) is 9.59 Å². The molecule has 33 heavy (non-hydrogen) atoms. The molecule has 2 unspecified atom stereocenters. The molecule has 7 heteroatoms. The van der Waals surface area contributed by atoms with Gasteiger partial charge in [0.05, 0.1) is 12.1 Å². The van der Waals surface area contributed by atoms with E-state index in [0.29, 0.717) is 29.5 Å². The Balaban J connectivity index is 1.13. The molecular formula is C26H31N5O2. The van der Waals surface area contributed by atoms with Crippen molar-refractivity contribution in [1.29, 1.82) is 0 Å². The molecule has 2 aromatic carbocycles. The third-order valence-corrected chi connectivity index (χ3v) is 7.11. The quantitative estimate of drug-likeness (QED) is 0.741. The van der Waals surface area contributed by atoms with Crippen LogP contribution in [0, 0.1) is 11.8 Å². The van der Waals surface area contributed by atoms with Crippen LogP contribution in [0.4, 0.5) is 5.69 Å². The highest BCUT2D eigenvalue weighted by Gasteiger charge is 2.41. The lowest BCUT2D eigenvalue weighted by Gasteiger charge is -2.23. The van der Waals surface area contributed by atoms with Crippen molar-refractivity contribution in [2.75, 3.05) is 37.7 Å². The largest absolute Gasteiger partial charge is 0.338 e. The number of anilines is 1. The number of amides is 2. The molecule has 3 heterocycles. The van der Waals surface area contributed by atoms with Crippen LogP contribution in [0.5, 0.6) is 0 Å². The number of carbonyl (C=O) groups is 2. The Bertz CT molecular complexity index is 1040. The Morgan fingerprint density at radius 1 is 1.03 bits per heavy atom. The summed E-state index contributed by atoms with van der Waals surface area (Å²) in [5.41, 5.74) is 9.74. The summed E-state index contributed by atoms with van der Waals surface area (Å²) in [6.45, 7) is 6.52. The summed E-state index contributed by atoms with van der Waals surface area (Å²) >= 11 is 0. The van der Waals surface area contributed by atoms with Crippen LogP contribution in [0.1, 0.15) is 41.7 Å². The lowest BCUT2D eigenvalue weighted by molar-refractivity contribution is -0.116. The van der Waals surface area contributed by atoms with Gasteiger partial charge in [-0.25, -0.2) is 5.01 Å². The molecule has 172 valence electrons. The van der Waals surface area contributed by atoms with Crippen molar-refractivity contribution in [2.45, 2.75) is 25.8 Å². The van der Waals surface area contributed by atoms with Crippen LogP contribution in [-0.2, 0) is 4.79 Å². The number of carbonyl (C=O) groups excluding carboxylic acids is 2. The van der Waals surface area contributed by atoms with Gasteiger partial charge in [0.1, 0.15) is 0 Å². The van der Waals surface area contributed by atoms with Gasteiger partial charge in [-0.05, 0) is 61.6 Å². The molecule has 0 radical (unpaired) electrons. The average Bonchev–Trinajstić information content (AvgIpc) is 3.50. The summed E-state index contributed by atoms with van der Waals surface area (Å²) < 4.78 is 0. The summed E-state index contributed by atoms with van der Waals surface area (Å²) in [6.07, 6.45) is 1.30. The molecule has 0 aliphatic carbocycles. The Labute approximate surface area is 194 Å². The first-order valence-corrected chi connectivity index (χ1v) is 11.8. The zero-order chi connectivity index (χ0) is 22.9. The first-order valence-electron chi connectivity index (χ1n) is 11.8. The maximum absolute atomic E-state index is 13.1. The van der Waals surface area contributed by atoms with Gasteiger partial charge in [-0.15, -0.1) is 0 Å². The van der Waals surface area contributed by atoms with E-state index in [4.69, 9.17) is 5.73 Å². The van der Waals surface area contributed by atoms with Gasteiger partial charge in [-0.1, -0.05) is 30.3 Å². The zero-order valence-electron chi connectivity index (χ0n) is 19.1. The highest BCUT2D eigenvalue weighted by atomic mass is 16.2. The van der Waals surface area contributed by atoms with Gasteiger partial charge in [0.15, 0.2) is 0 Å². The van der Waals surface area contributed by atoms with Gasteiger partial charge < -0.3 is 15.5 Å². The lowest BCUT2D eigenvalue weighted by Crippen LogP contribution is -2.34. The van der Waals surface area contributed by atoms with Gasteiger partial charge in [0.2, 0.25) is 0 Å². The molecule has 0 saturated carbocycles. The molecule has 3 aliphatic heterocycles. The summed E-state index contributed by atoms with van der Waals surface area (Å²) in [6, 6.07) is 17.6. The third-order valence-electron chi connectivity index (χ3n) is 7.11. The molecule has 2 fully saturated rings. The second-order valence-electron chi connectivity index (χ2n) is 9.56. The van der Waals surface area contributed by atoms with Crippen molar-refractivity contribution in [3.8, 4) is 0 Å². The number of likely N-dealkylation sites (tertiary alicyclic amines) is 2. The monoisotopic (exact) mass is 445 g/mol. The molecule has 0 bridgehead atoms. The molecule has 2 aromatic rings. The highest BCUT2D eigenvalue weighted by molar-refractivity contribution is 6.12. The Kier molecular flexibility index (Phi) is 6.00. The topological polar surface area (TPSA) is 82.2 Å². The molecule has 2 N–H and O–H groups in total. The Hall–Kier alpha value is -3.03. The molecule has 3 aliphatic rings. The second-order valence-corrected chi connectivity index (χ2v) is 9.56. The predicted molar refractivity (Wildman–Crippen MR) is 129 cm³/mol. The maximum Gasteiger partial charge on any atom is 0.253 e. The fourth-order valence-electron chi connectivity index (χ4n) is 5.31. The fraction of sp³-hybridized carbons (Fsp3) is 0.423. The van der Waals surface area contributed by atoms with Crippen LogP contribution in [0.3, 0.4) is 0 Å². The zero-order valence-corrected chi connectivity index (χ0v) is 19.1. The van der Waals surface area contributed by atoms with E-state index in [1.807, 2.05) is 42.2 Å². The minimum absolute atomic E-state index is 0.0341. The number of fused-ring (bicyclic) bond motifs is 1. The second kappa shape index (κ2) is 9.08. The normalized spacial score (nSPS) is 23.7. The van der Waals surface area contributed by atoms with Crippen molar-refractivity contribution >= 4 is 23.2 Å². The summed E-state index contributed by atoms with van der Waals surface area (Å²) in [7, 11) is 0. The van der Waals surface area contributed by atoms with E-state index < -0.39 is 0 Å². The van der Waals surface area contributed by atoms with Crippen LogP contribution in [0.15, 0.2) is 59.7 Å². The average molecular weight is 446 g/mol. The fourth-order valence-corrected chi connectivity index (χ4v) is 5.31. The highest BCUT2D eigenvalue weighted by Crippen LogP contribution is 2.32. The molecule has 5 rings (SSSR count). The molecule has 7 nitrogen and oxygen atoms in total. The number of rotatable bonds is 6. The number of hydrogen-bond acceptors (Lipinski definition) is 5. The first kappa shape index (κ1) is 21.8. The number of benzene rings is 2. The van der Waals surface area contributed by atoms with Crippen molar-refractivity contribution in [3.05, 3.63) is 65.7 Å². The van der Waals surface area contributed by atoms with E-state index in [2.05, 4.69) is 22.1 Å². The summed E-state index contributed by atoms with van der Waals surface area (Å²) in [4.78, 5) is 29.6. The van der Waals surface area contributed by atoms with Crippen molar-refractivity contribution in [2.24, 2.45) is 22.7 Å². The number of nitrogens with zero attached hydrogens (tertiary/aromatic N) is 4. The number of hydrazone groups is 1. The van der Waals surface area contributed by atoms with Crippen molar-refractivity contribution in [1.82, 2.24) is 9.80 Å². The Morgan fingerprint density at radius 3 is 2.30 bits per heavy atom. The molecular weight excluding hydrogens is 414 g/mol. The van der Waals surface area contributed by atoms with Gasteiger partial charge >= 0.3 is 0 Å². The van der Waals surface area contributed by atoms with E-state index >= 15 is 0 Å². The SMILES string of the molecule is CC1=NN(c2ccc(C(=O)N3CC4CN(CC[C@H](N)c5ccccc5)CC4C3)cc2)C(=O)C1. The first-order chi connectivity index (χ1) is 16.0. The third kappa shape index (κ3) is 4.56. The molecule has 3 atom stereocenters. The van der Waals surface area contributed by atoms with E-state index in [1.165, 1.54) is 10.6 Å². The standard InChI is InChI=1S/C26H31N5O2/c1-18-13-25(32)31(28-18)23-9-7-20(8-10-23)26(33)30-16-21-14-29(15-22(21)17-30)12-11-24(27)19-5-3-2-4-6-19/h2-10,21-22,24H,11-17,27H2,1H3/t21?,22?,24-/m0/s1. The van der Waals surface area contributed by atoms with Gasteiger partial charge in [0, 0.05) is 43.5 Å². The van der Waals surface area contributed by atoms with E-state index in [-0.39, 0.29) is 17.9 Å². The van der Waals surface area contributed by atoms with E-state index in [1.54, 1.807) is 12.1 Å². The minimum Gasteiger partial charge on any atom is -0.338 e. The smallest absolute Gasteiger partial charge is 0.253 e. The van der Waals surface area contributed by atoms with Crippen LogP contribution >= 0.6 is 0 Å². The van der Waals surface area contributed by atoms with Gasteiger partial charge in [0.25, 0.3) is 11.8 Å². The summed E-state index contributed by atoms with van der Waals surface area (Å²) in [5.74, 6) is 1.09.